The second kappa shape index (κ2) is 9.52. The first kappa shape index (κ1) is 18.6. The monoisotopic (exact) mass is 324 g/mol. The van der Waals surface area contributed by atoms with Gasteiger partial charge in [-0.3, -0.25) is 0 Å². The topological polar surface area (TPSA) is 9.23 Å². The Kier molecular flexibility index (Phi) is 7.36. The fourth-order valence-electron chi connectivity index (χ4n) is 3.51. The highest BCUT2D eigenvalue weighted by molar-refractivity contribution is 5.33. The molecule has 0 aromatic heterocycles. The molecule has 2 aromatic carbocycles. The summed E-state index contributed by atoms with van der Waals surface area (Å²) in [6, 6.07) is 18.5. The van der Waals surface area contributed by atoms with Gasteiger partial charge in [0.05, 0.1) is 0 Å². The van der Waals surface area contributed by atoms with Crippen molar-refractivity contribution in [1.82, 2.24) is 0 Å². The molecule has 0 aliphatic rings. The van der Waals surface area contributed by atoms with Crippen LogP contribution in [0.1, 0.15) is 52.5 Å². The fraction of sp³-hybridized carbons (Fsp3) is 0.478. The van der Waals surface area contributed by atoms with Crippen molar-refractivity contribution in [2.75, 3.05) is 0 Å². The van der Waals surface area contributed by atoms with E-state index in [-0.39, 0.29) is 0 Å². The van der Waals surface area contributed by atoms with E-state index in [1.807, 2.05) is 36.4 Å². The highest BCUT2D eigenvalue weighted by Crippen LogP contribution is 2.29. The maximum Gasteiger partial charge on any atom is 0.127 e. The van der Waals surface area contributed by atoms with Crippen molar-refractivity contribution in [2.45, 2.75) is 53.4 Å². The van der Waals surface area contributed by atoms with Gasteiger partial charge in [0.15, 0.2) is 0 Å². The van der Waals surface area contributed by atoms with E-state index < -0.39 is 0 Å². The lowest BCUT2D eigenvalue weighted by atomic mass is 9.79. The summed E-state index contributed by atoms with van der Waals surface area (Å²) >= 11 is 0. The molecule has 0 bridgehead atoms. The Labute approximate surface area is 148 Å². The van der Waals surface area contributed by atoms with Gasteiger partial charge in [-0.2, -0.15) is 0 Å². The number of benzene rings is 2. The van der Waals surface area contributed by atoms with E-state index in [0.717, 1.165) is 35.7 Å². The molecule has 1 nitrogen and oxygen atoms in total. The molecule has 130 valence electrons. The summed E-state index contributed by atoms with van der Waals surface area (Å²) in [5, 5.41) is 0. The van der Waals surface area contributed by atoms with Crippen molar-refractivity contribution in [3.05, 3.63) is 60.2 Å². The molecule has 2 aromatic rings. The number of para-hydroxylation sites is 1. The van der Waals surface area contributed by atoms with Crippen LogP contribution in [0.4, 0.5) is 0 Å². The van der Waals surface area contributed by atoms with Crippen LogP contribution >= 0.6 is 0 Å². The lowest BCUT2D eigenvalue weighted by Gasteiger charge is -2.26. The number of ether oxygens (including phenoxy) is 1. The third-order valence-corrected chi connectivity index (χ3v) is 5.11. The van der Waals surface area contributed by atoms with Crippen LogP contribution in [-0.2, 0) is 6.42 Å². The Morgan fingerprint density at radius 1 is 0.875 bits per heavy atom. The Hall–Kier alpha value is -1.76. The minimum Gasteiger partial charge on any atom is -0.457 e. The normalized spacial score (nSPS) is 13.7. The van der Waals surface area contributed by atoms with Crippen molar-refractivity contribution in [2.24, 2.45) is 17.8 Å². The summed E-state index contributed by atoms with van der Waals surface area (Å²) in [5.41, 5.74) is 1.37. The molecule has 0 saturated heterocycles. The predicted molar refractivity (Wildman–Crippen MR) is 104 cm³/mol. The first-order valence-corrected chi connectivity index (χ1v) is 9.42. The average molecular weight is 325 g/mol. The van der Waals surface area contributed by atoms with Crippen molar-refractivity contribution < 1.29 is 4.74 Å². The molecule has 0 aliphatic carbocycles. The Morgan fingerprint density at radius 3 is 2.25 bits per heavy atom. The van der Waals surface area contributed by atoms with Gasteiger partial charge in [-0.1, -0.05) is 64.4 Å². The second-order valence-corrected chi connectivity index (χ2v) is 7.25. The smallest absolute Gasteiger partial charge is 0.127 e. The first-order valence-electron chi connectivity index (χ1n) is 9.42. The van der Waals surface area contributed by atoms with Gasteiger partial charge in [0.2, 0.25) is 0 Å². The van der Waals surface area contributed by atoms with Crippen molar-refractivity contribution in [3.63, 3.8) is 0 Å². The third-order valence-electron chi connectivity index (χ3n) is 5.11. The van der Waals surface area contributed by atoms with Crippen molar-refractivity contribution in [1.29, 1.82) is 0 Å². The van der Waals surface area contributed by atoms with Gasteiger partial charge in [-0.05, 0) is 66.8 Å². The van der Waals surface area contributed by atoms with Crippen LogP contribution in [0.5, 0.6) is 11.5 Å². The highest BCUT2D eigenvalue weighted by atomic mass is 16.5. The lowest BCUT2D eigenvalue weighted by molar-refractivity contribution is 0.242. The third kappa shape index (κ3) is 5.70. The quantitative estimate of drug-likeness (QED) is 0.477. The molecule has 2 unspecified atom stereocenters. The molecule has 24 heavy (non-hydrogen) atoms. The molecular weight excluding hydrogens is 292 g/mol. The fourth-order valence-corrected chi connectivity index (χ4v) is 3.51. The van der Waals surface area contributed by atoms with Crippen LogP contribution in [0.25, 0.3) is 0 Å². The largest absolute Gasteiger partial charge is 0.457 e. The summed E-state index contributed by atoms with van der Waals surface area (Å²) < 4.78 is 5.94. The van der Waals surface area contributed by atoms with E-state index in [0.29, 0.717) is 0 Å². The minimum absolute atomic E-state index is 0.771. The van der Waals surface area contributed by atoms with Crippen LogP contribution in [0.15, 0.2) is 54.6 Å². The molecule has 2 rings (SSSR count). The van der Waals surface area contributed by atoms with E-state index in [2.05, 4.69) is 45.9 Å². The summed E-state index contributed by atoms with van der Waals surface area (Å²) in [4.78, 5) is 0. The molecule has 0 aliphatic heterocycles. The van der Waals surface area contributed by atoms with Crippen molar-refractivity contribution >= 4 is 0 Å². The molecule has 0 amide bonds. The maximum absolute atomic E-state index is 5.94. The SMILES string of the molecule is CCC(C)C(CCCc1cccc(Oc2ccccc2)c1)C(C)C. The lowest BCUT2D eigenvalue weighted by Crippen LogP contribution is -2.17. The van der Waals surface area contributed by atoms with Crippen LogP contribution < -0.4 is 4.74 Å². The van der Waals surface area contributed by atoms with Crippen LogP contribution in [0.2, 0.25) is 0 Å². The first-order chi connectivity index (χ1) is 11.6. The maximum atomic E-state index is 5.94. The zero-order chi connectivity index (χ0) is 17.4. The van der Waals surface area contributed by atoms with Gasteiger partial charge >= 0.3 is 0 Å². The molecule has 0 N–H and O–H groups in total. The van der Waals surface area contributed by atoms with Gasteiger partial charge in [-0.15, -0.1) is 0 Å². The van der Waals surface area contributed by atoms with Gasteiger partial charge in [0.25, 0.3) is 0 Å². The molecule has 0 fully saturated rings. The number of hydrogen-bond acceptors (Lipinski definition) is 1. The van der Waals surface area contributed by atoms with Crippen LogP contribution in [0, 0.1) is 17.8 Å². The molecule has 1 heteroatoms. The Balaban J connectivity index is 1.90. The standard InChI is InChI=1S/C23H32O/c1-5-19(4)23(18(2)3)16-10-12-20-11-9-15-22(17-20)24-21-13-7-6-8-14-21/h6-9,11,13-15,17-19,23H,5,10,12,16H2,1-4H3. The molecule has 0 spiro atoms. The van der Waals surface area contributed by atoms with Crippen molar-refractivity contribution in [3.8, 4) is 11.5 Å². The molecule has 0 saturated carbocycles. The van der Waals surface area contributed by atoms with Gasteiger partial charge in [0.1, 0.15) is 11.5 Å². The van der Waals surface area contributed by atoms with E-state index in [9.17, 15) is 0 Å². The zero-order valence-corrected chi connectivity index (χ0v) is 15.7. The molecule has 0 heterocycles. The number of rotatable bonds is 9. The Bertz CT molecular complexity index is 588. The van der Waals surface area contributed by atoms with Crippen LogP contribution in [0.3, 0.4) is 0 Å². The summed E-state index contributed by atoms with van der Waals surface area (Å²) in [5.74, 6) is 4.25. The summed E-state index contributed by atoms with van der Waals surface area (Å²) in [7, 11) is 0. The molecular formula is C23H32O. The van der Waals surface area contributed by atoms with E-state index >= 15 is 0 Å². The predicted octanol–water partition coefficient (Wildman–Crippen LogP) is 7.12. The average Bonchev–Trinajstić information content (AvgIpc) is 2.59. The van der Waals surface area contributed by atoms with Gasteiger partial charge in [-0.25, -0.2) is 0 Å². The van der Waals surface area contributed by atoms with Gasteiger partial charge < -0.3 is 4.74 Å². The van der Waals surface area contributed by atoms with E-state index in [4.69, 9.17) is 4.74 Å². The minimum atomic E-state index is 0.771. The van der Waals surface area contributed by atoms with Gasteiger partial charge in [0, 0.05) is 0 Å². The highest BCUT2D eigenvalue weighted by Gasteiger charge is 2.18. The number of hydrogen-bond donors (Lipinski definition) is 0. The summed E-state index contributed by atoms with van der Waals surface area (Å²) in [6.07, 6.45) is 4.98. The van der Waals surface area contributed by atoms with E-state index in [1.54, 1.807) is 0 Å². The molecule has 2 atom stereocenters. The van der Waals surface area contributed by atoms with Crippen LogP contribution in [-0.4, -0.2) is 0 Å². The summed E-state index contributed by atoms with van der Waals surface area (Å²) in [6.45, 7) is 9.44. The Morgan fingerprint density at radius 2 is 1.58 bits per heavy atom. The second-order valence-electron chi connectivity index (χ2n) is 7.25. The van der Waals surface area contributed by atoms with E-state index in [1.165, 1.54) is 24.8 Å². The zero-order valence-electron chi connectivity index (χ0n) is 15.7. The number of aryl methyl sites for hydroxylation is 1. The molecule has 0 radical (unpaired) electrons.